The lowest BCUT2D eigenvalue weighted by molar-refractivity contribution is 0.0484. The molecule has 1 N–H and O–H groups in total. The Morgan fingerprint density at radius 3 is 2.36 bits per heavy atom. The van der Waals surface area contributed by atoms with E-state index in [0.29, 0.717) is 0 Å². The topological polar surface area (TPSA) is 54.0 Å². The first-order chi connectivity index (χ1) is 11.8. The number of alkyl carbamates (subject to hydrolysis) is 1. The predicted molar refractivity (Wildman–Crippen MR) is 102 cm³/mol. The minimum absolute atomic E-state index is 0.109. The highest BCUT2D eigenvalue weighted by atomic mass is 16.6. The Morgan fingerprint density at radius 2 is 1.80 bits per heavy atom. The van der Waals surface area contributed by atoms with Crippen molar-refractivity contribution in [2.75, 3.05) is 53.5 Å². The van der Waals surface area contributed by atoms with Gasteiger partial charge in [-0.1, -0.05) is 12.8 Å². The first-order valence-electron chi connectivity index (χ1n) is 9.69. The van der Waals surface area contributed by atoms with Gasteiger partial charge in [0.15, 0.2) is 0 Å². The number of rotatable bonds is 9. The molecule has 1 atom stereocenters. The first-order valence-corrected chi connectivity index (χ1v) is 9.69. The van der Waals surface area contributed by atoms with E-state index in [-0.39, 0.29) is 12.1 Å². The molecule has 0 aromatic heterocycles. The Labute approximate surface area is 154 Å². The average molecular weight is 358 g/mol. The van der Waals surface area contributed by atoms with Crippen LogP contribution >= 0.6 is 0 Å². The van der Waals surface area contributed by atoms with Crippen molar-refractivity contribution in [3.05, 3.63) is 0 Å². The number of carbonyl (C=O) groups excluding carboxylic acids is 1. The summed E-state index contributed by atoms with van der Waals surface area (Å²) in [6.07, 6.45) is 5.75. The molecule has 148 valence electrons. The molecule has 1 rings (SSSR count). The number of carbonyl (C=O) groups is 1. The molecule has 6 heteroatoms. The molecule has 0 aromatic rings. The third-order valence-electron chi connectivity index (χ3n) is 4.43. The van der Waals surface area contributed by atoms with Gasteiger partial charge in [-0.05, 0) is 66.7 Å². The second-order valence-corrected chi connectivity index (χ2v) is 8.14. The zero-order chi connectivity index (χ0) is 18.7. The van der Waals surface area contributed by atoms with Crippen LogP contribution in [0.15, 0.2) is 0 Å². The van der Waals surface area contributed by atoms with Crippen LogP contribution in [0, 0.1) is 0 Å². The summed E-state index contributed by atoms with van der Waals surface area (Å²) < 4.78 is 10.6. The lowest BCUT2D eigenvalue weighted by Gasteiger charge is -2.29. The van der Waals surface area contributed by atoms with Crippen LogP contribution in [-0.2, 0) is 9.47 Å². The maximum absolute atomic E-state index is 12.2. The van der Waals surface area contributed by atoms with Crippen LogP contribution in [-0.4, -0.2) is 81.0 Å². The summed E-state index contributed by atoms with van der Waals surface area (Å²) in [6, 6.07) is 0.109. The largest absolute Gasteiger partial charge is 0.444 e. The van der Waals surface area contributed by atoms with Gasteiger partial charge in [0.1, 0.15) is 5.60 Å². The zero-order valence-corrected chi connectivity index (χ0v) is 17.0. The van der Waals surface area contributed by atoms with Crippen molar-refractivity contribution in [1.29, 1.82) is 0 Å². The monoisotopic (exact) mass is 357 g/mol. The zero-order valence-electron chi connectivity index (χ0n) is 17.0. The van der Waals surface area contributed by atoms with Gasteiger partial charge in [-0.15, -0.1) is 0 Å². The normalized spacial score (nSPS) is 18.0. The number of amides is 1. The molecule has 0 bridgehead atoms. The second-order valence-electron chi connectivity index (χ2n) is 8.14. The summed E-state index contributed by atoms with van der Waals surface area (Å²) in [6.45, 7) is 11.4. The molecule has 6 nitrogen and oxygen atoms in total. The van der Waals surface area contributed by atoms with Crippen LogP contribution in [0.4, 0.5) is 4.79 Å². The van der Waals surface area contributed by atoms with Gasteiger partial charge in [0.25, 0.3) is 0 Å². The van der Waals surface area contributed by atoms with Crippen LogP contribution in [0.1, 0.15) is 52.9 Å². The molecule has 1 aliphatic heterocycles. The highest BCUT2D eigenvalue weighted by Crippen LogP contribution is 2.12. The maximum Gasteiger partial charge on any atom is 0.407 e. The van der Waals surface area contributed by atoms with Crippen LogP contribution in [0.2, 0.25) is 0 Å². The van der Waals surface area contributed by atoms with Gasteiger partial charge in [-0.2, -0.15) is 0 Å². The standard InChI is InChI=1S/C19H39N3O3/c1-19(2,3)25-18(23)20-17(10-13-21(4)14-15-24-5)16-22-11-8-6-7-9-12-22/h17H,6-16H2,1-5H3,(H,20,23)/t17-/m1/s1. The molecule has 0 radical (unpaired) electrons. The summed E-state index contributed by atoms with van der Waals surface area (Å²) in [7, 11) is 3.82. The van der Waals surface area contributed by atoms with Crippen LogP contribution in [0.3, 0.4) is 0 Å². The molecule has 1 aliphatic rings. The highest BCUT2D eigenvalue weighted by Gasteiger charge is 2.22. The molecule has 0 aromatic carbocycles. The van der Waals surface area contributed by atoms with E-state index in [1.165, 1.54) is 25.7 Å². The summed E-state index contributed by atoms with van der Waals surface area (Å²) >= 11 is 0. The Balaban J connectivity index is 2.53. The molecule has 0 saturated carbocycles. The Morgan fingerprint density at radius 1 is 1.16 bits per heavy atom. The second kappa shape index (κ2) is 11.7. The molecule has 0 unspecified atom stereocenters. The fourth-order valence-corrected chi connectivity index (χ4v) is 3.05. The molecule has 0 spiro atoms. The Kier molecular flexibility index (Phi) is 10.4. The number of hydrogen-bond donors (Lipinski definition) is 1. The third kappa shape index (κ3) is 11.4. The SMILES string of the molecule is COCCN(C)CC[C@H](CN1CCCCCC1)NC(=O)OC(C)(C)C. The number of likely N-dealkylation sites (tertiary alicyclic amines) is 1. The van der Waals surface area contributed by atoms with Crippen molar-refractivity contribution in [3.8, 4) is 0 Å². The lowest BCUT2D eigenvalue weighted by atomic mass is 10.1. The van der Waals surface area contributed by atoms with Crippen molar-refractivity contribution < 1.29 is 14.3 Å². The van der Waals surface area contributed by atoms with Gasteiger partial charge in [0.05, 0.1) is 6.61 Å². The number of likely N-dealkylation sites (N-methyl/N-ethyl adjacent to an activating group) is 1. The van der Waals surface area contributed by atoms with Crippen molar-refractivity contribution in [3.63, 3.8) is 0 Å². The van der Waals surface area contributed by atoms with E-state index in [9.17, 15) is 4.79 Å². The van der Waals surface area contributed by atoms with Crippen LogP contribution in [0.25, 0.3) is 0 Å². The van der Waals surface area contributed by atoms with E-state index in [1.807, 2.05) is 20.8 Å². The van der Waals surface area contributed by atoms with Crippen LogP contribution < -0.4 is 5.32 Å². The summed E-state index contributed by atoms with van der Waals surface area (Å²) in [5, 5.41) is 3.09. The van der Waals surface area contributed by atoms with Gasteiger partial charge in [0.2, 0.25) is 0 Å². The molecule has 1 fully saturated rings. The Bertz CT molecular complexity index is 363. The third-order valence-corrected chi connectivity index (χ3v) is 4.43. The molecule has 1 saturated heterocycles. The van der Waals surface area contributed by atoms with Crippen molar-refractivity contribution in [2.24, 2.45) is 0 Å². The van der Waals surface area contributed by atoms with Crippen LogP contribution in [0.5, 0.6) is 0 Å². The van der Waals surface area contributed by atoms with E-state index in [1.54, 1.807) is 7.11 Å². The van der Waals surface area contributed by atoms with E-state index in [2.05, 4.69) is 22.2 Å². The van der Waals surface area contributed by atoms with E-state index < -0.39 is 5.60 Å². The van der Waals surface area contributed by atoms with Crippen molar-refractivity contribution >= 4 is 6.09 Å². The number of nitrogens with zero attached hydrogens (tertiary/aromatic N) is 2. The fraction of sp³-hybridized carbons (Fsp3) is 0.947. The Hall–Kier alpha value is -0.850. The summed E-state index contributed by atoms with van der Waals surface area (Å²) in [4.78, 5) is 16.9. The molecular formula is C19H39N3O3. The van der Waals surface area contributed by atoms with Gasteiger partial charge in [-0.25, -0.2) is 4.79 Å². The van der Waals surface area contributed by atoms with Gasteiger partial charge in [0, 0.05) is 26.2 Å². The lowest BCUT2D eigenvalue weighted by Crippen LogP contribution is -2.47. The number of methoxy groups -OCH3 is 1. The fourth-order valence-electron chi connectivity index (χ4n) is 3.05. The average Bonchev–Trinajstić information content (AvgIpc) is 2.77. The van der Waals surface area contributed by atoms with Gasteiger partial charge in [-0.3, -0.25) is 0 Å². The van der Waals surface area contributed by atoms with Gasteiger partial charge >= 0.3 is 6.09 Å². The van der Waals surface area contributed by atoms with Crippen molar-refractivity contribution in [1.82, 2.24) is 15.1 Å². The van der Waals surface area contributed by atoms with E-state index in [0.717, 1.165) is 45.8 Å². The van der Waals surface area contributed by atoms with Crippen molar-refractivity contribution in [2.45, 2.75) is 64.5 Å². The molecule has 0 aliphatic carbocycles. The first kappa shape index (κ1) is 22.2. The summed E-state index contributed by atoms with van der Waals surface area (Å²) in [5.41, 5.74) is -0.466. The molecule has 1 amide bonds. The number of nitrogens with one attached hydrogen (secondary N) is 1. The molecule has 25 heavy (non-hydrogen) atoms. The summed E-state index contributed by atoms with van der Waals surface area (Å²) in [5.74, 6) is 0. The minimum atomic E-state index is -0.466. The van der Waals surface area contributed by atoms with Gasteiger partial charge < -0.3 is 24.6 Å². The number of hydrogen-bond acceptors (Lipinski definition) is 5. The molecule has 1 heterocycles. The predicted octanol–water partition coefficient (Wildman–Crippen LogP) is 2.72. The minimum Gasteiger partial charge on any atom is -0.444 e. The highest BCUT2D eigenvalue weighted by molar-refractivity contribution is 5.68. The van der Waals surface area contributed by atoms with E-state index in [4.69, 9.17) is 9.47 Å². The quantitative estimate of drug-likeness (QED) is 0.688. The maximum atomic E-state index is 12.2. The molecular weight excluding hydrogens is 318 g/mol. The van der Waals surface area contributed by atoms with E-state index >= 15 is 0 Å². The smallest absolute Gasteiger partial charge is 0.407 e. The number of ether oxygens (including phenoxy) is 2.